The van der Waals surface area contributed by atoms with Gasteiger partial charge >= 0.3 is 0 Å². The van der Waals surface area contributed by atoms with Gasteiger partial charge in [-0.1, -0.05) is 5.16 Å². The number of aromatic nitrogens is 1. The van der Waals surface area contributed by atoms with Crippen molar-refractivity contribution < 1.29 is 18.4 Å². The van der Waals surface area contributed by atoms with E-state index in [1.807, 2.05) is 0 Å². The number of methoxy groups -OCH3 is 1. The molecule has 20 heavy (non-hydrogen) atoms. The second-order valence-corrected chi connectivity index (χ2v) is 4.43. The van der Waals surface area contributed by atoms with Crippen LogP contribution in [-0.2, 0) is 6.54 Å². The molecule has 5 nitrogen and oxygen atoms in total. The van der Waals surface area contributed by atoms with Gasteiger partial charge in [-0.05, 0) is 25.1 Å². The van der Waals surface area contributed by atoms with Gasteiger partial charge < -0.3 is 14.2 Å². The Bertz CT molecular complexity index is 625. The Labute approximate surface area is 115 Å². The van der Waals surface area contributed by atoms with Gasteiger partial charge in [-0.3, -0.25) is 4.79 Å². The second-order valence-electron chi connectivity index (χ2n) is 4.43. The number of rotatable bonds is 4. The highest BCUT2D eigenvalue weighted by Gasteiger charge is 2.18. The summed E-state index contributed by atoms with van der Waals surface area (Å²) in [4.78, 5) is 13.7. The van der Waals surface area contributed by atoms with Crippen LogP contribution in [0.4, 0.5) is 4.39 Å². The molecule has 1 amide bonds. The van der Waals surface area contributed by atoms with Crippen LogP contribution in [0.2, 0.25) is 0 Å². The van der Waals surface area contributed by atoms with Gasteiger partial charge in [-0.15, -0.1) is 0 Å². The lowest BCUT2D eigenvalue weighted by Crippen LogP contribution is -2.26. The van der Waals surface area contributed by atoms with Crippen molar-refractivity contribution in [2.45, 2.75) is 13.5 Å². The first-order chi connectivity index (χ1) is 9.51. The molecule has 1 heterocycles. The number of halogens is 1. The fraction of sp³-hybridized carbons (Fsp3) is 0.286. The average molecular weight is 278 g/mol. The van der Waals surface area contributed by atoms with Crippen LogP contribution < -0.4 is 4.74 Å². The van der Waals surface area contributed by atoms with Crippen molar-refractivity contribution in [3.05, 3.63) is 47.1 Å². The molecule has 0 saturated heterocycles. The van der Waals surface area contributed by atoms with E-state index in [1.165, 1.54) is 24.1 Å². The Kier molecular flexibility index (Phi) is 4.02. The summed E-state index contributed by atoms with van der Waals surface area (Å²) in [5.74, 6) is 0.172. The molecule has 0 spiro atoms. The Hall–Kier alpha value is -2.37. The van der Waals surface area contributed by atoms with Gasteiger partial charge in [0, 0.05) is 13.1 Å². The SMILES string of the molecule is COc1ccc(F)cc1C(=O)N(C)Cc1cc(C)on1. The molecule has 0 aliphatic rings. The molecule has 0 bridgehead atoms. The first-order valence-electron chi connectivity index (χ1n) is 6.02. The number of carbonyl (C=O) groups is 1. The van der Waals surface area contributed by atoms with Crippen LogP contribution >= 0.6 is 0 Å². The highest BCUT2D eigenvalue weighted by Crippen LogP contribution is 2.21. The highest BCUT2D eigenvalue weighted by atomic mass is 19.1. The Balaban J connectivity index is 2.20. The maximum atomic E-state index is 13.3. The molecule has 0 unspecified atom stereocenters. The molecule has 0 fully saturated rings. The summed E-state index contributed by atoms with van der Waals surface area (Å²) in [5, 5.41) is 3.82. The third kappa shape index (κ3) is 2.96. The van der Waals surface area contributed by atoms with E-state index in [0.29, 0.717) is 17.2 Å². The van der Waals surface area contributed by atoms with E-state index in [-0.39, 0.29) is 18.0 Å². The molecule has 6 heteroatoms. The standard InChI is InChI=1S/C14H15FN2O3/c1-9-6-11(16-20-9)8-17(2)14(18)12-7-10(15)4-5-13(12)19-3/h4-7H,8H2,1-3H3. The second kappa shape index (κ2) is 5.73. The zero-order valence-electron chi connectivity index (χ0n) is 11.5. The molecule has 0 N–H and O–H groups in total. The monoisotopic (exact) mass is 278 g/mol. The Morgan fingerprint density at radius 1 is 1.45 bits per heavy atom. The van der Waals surface area contributed by atoms with Crippen LogP contribution in [0.25, 0.3) is 0 Å². The maximum Gasteiger partial charge on any atom is 0.257 e. The van der Waals surface area contributed by atoms with E-state index < -0.39 is 5.82 Å². The molecule has 0 saturated carbocycles. The van der Waals surface area contributed by atoms with Crippen LogP contribution in [0.15, 0.2) is 28.8 Å². The van der Waals surface area contributed by atoms with E-state index in [4.69, 9.17) is 9.26 Å². The minimum atomic E-state index is -0.486. The molecule has 1 aromatic heterocycles. The minimum absolute atomic E-state index is 0.176. The summed E-state index contributed by atoms with van der Waals surface area (Å²) < 4.78 is 23.3. The molecule has 0 aliphatic heterocycles. The summed E-state index contributed by atoms with van der Waals surface area (Å²) in [6.45, 7) is 2.05. The van der Waals surface area contributed by atoms with Crippen molar-refractivity contribution in [3.8, 4) is 5.75 Å². The summed E-state index contributed by atoms with van der Waals surface area (Å²) in [5.41, 5.74) is 0.809. The van der Waals surface area contributed by atoms with E-state index in [2.05, 4.69) is 5.16 Å². The quantitative estimate of drug-likeness (QED) is 0.861. The fourth-order valence-corrected chi connectivity index (χ4v) is 1.86. The van der Waals surface area contributed by atoms with Gasteiger partial charge in [0.15, 0.2) is 0 Å². The van der Waals surface area contributed by atoms with E-state index in [1.54, 1.807) is 20.0 Å². The summed E-state index contributed by atoms with van der Waals surface area (Å²) in [6, 6.07) is 5.57. The zero-order chi connectivity index (χ0) is 14.7. The lowest BCUT2D eigenvalue weighted by Gasteiger charge is -2.17. The molecule has 0 radical (unpaired) electrons. The predicted octanol–water partition coefficient (Wildman–Crippen LogP) is 2.40. The largest absolute Gasteiger partial charge is 0.496 e. The van der Waals surface area contributed by atoms with Crippen molar-refractivity contribution in [2.75, 3.05) is 14.2 Å². The minimum Gasteiger partial charge on any atom is -0.496 e. The molecule has 106 valence electrons. The molecular formula is C14H15FN2O3. The van der Waals surface area contributed by atoms with Gasteiger partial charge in [0.1, 0.15) is 23.0 Å². The third-order valence-electron chi connectivity index (χ3n) is 2.81. The number of hydrogen-bond donors (Lipinski definition) is 0. The average Bonchev–Trinajstić information content (AvgIpc) is 2.83. The van der Waals surface area contributed by atoms with Crippen LogP contribution in [0, 0.1) is 12.7 Å². The van der Waals surface area contributed by atoms with Gasteiger partial charge in [0.25, 0.3) is 5.91 Å². The molecule has 0 aliphatic carbocycles. The van der Waals surface area contributed by atoms with Crippen molar-refractivity contribution in [3.63, 3.8) is 0 Å². The Morgan fingerprint density at radius 3 is 2.80 bits per heavy atom. The van der Waals surface area contributed by atoms with Gasteiger partial charge in [0.2, 0.25) is 0 Å². The third-order valence-corrected chi connectivity index (χ3v) is 2.81. The summed E-state index contributed by atoms with van der Waals surface area (Å²) in [6.07, 6.45) is 0. The first-order valence-corrected chi connectivity index (χ1v) is 6.02. The van der Waals surface area contributed by atoms with E-state index in [9.17, 15) is 9.18 Å². The number of ether oxygens (including phenoxy) is 1. The molecule has 0 atom stereocenters. The number of aryl methyl sites for hydroxylation is 1. The maximum absolute atomic E-state index is 13.3. The van der Waals surface area contributed by atoms with Crippen LogP contribution in [0.1, 0.15) is 21.8 Å². The lowest BCUT2D eigenvalue weighted by molar-refractivity contribution is 0.0778. The predicted molar refractivity (Wildman–Crippen MR) is 70.0 cm³/mol. The lowest BCUT2D eigenvalue weighted by atomic mass is 10.1. The van der Waals surface area contributed by atoms with Crippen molar-refractivity contribution in [1.29, 1.82) is 0 Å². The Morgan fingerprint density at radius 2 is 2.20 bits per heavy atom. The van der Waals surface area contributed by atoms with E-state index in [0.717, 1.165) is 6.07 Å². The number of amides is 1. The number of benzene rings is 1. The smallest absolute Gasteiger partial charge is 0.257 e. The van der Waals surface area contributed by atoms with E-state index >= 15 is 0 Å². The van der Waals surface area contributed by atoms with Crippen LogP contribution in [-0.4, -0.2) is 30.1 Å². The van der Waals surface area contributed by atoms with Crippen LogP contribution in [0.5, 0.6) is 5.75 Å². The zero-order valence-corrected chi connectivity index (χ0v) is 11.5. The number of nitrogens with zero attached hydrogens (tertiary/aromatic N) is 2. The highest BCUT2D eigenvalue weighted by molar-refractivity contribution is 5.96. The first kappa shape index (κ1) is 14.0. The van der Waals surface area contributed by atoms with Gasteiger partial charge in [0.05, 0.1) is 19.2 Å². The van der Waals surface area contributed by atoms with Crippen molar-refractivity contribution in [2.24, 2.45) is 0 Å². The molecule has 2 rings (SSSR count). The topological polar surface area (TPSA) is 55.6 Å². The molecular weight excluding hydrogens is 263 g/mol. The molecule has 1 aromatic carbocycles. The van der Waals surface area contributed by atoms with Crippen molar-refractivity contribution in [1.82, 2.24) is 10.1 Å². The summed E-state index contributed by atoms with van der Waals surface area (Å²) in [7, 11) is 3.04. The summed E-state index contributed by atoms with van der Waals surface area (Å²) >= 11 is 0. The number of hydrogen-bond acceptors (Lipinski definition) is 4. The normalized spacial score (nSPS) is 10.4. The van der Waals surface area contributed by atoms with Gasteiger partial charge in [-0.25, -0.2) is 4.39 Å². The van der Waals surface area contributed by atoms with Gasteiger partial charge in [-0.2, -0.15) is 0 Å². The van der Waals surface area contributed by atoms with Crippen LogP contribution in [0.3, 0.4) is 0 Å². The van der Waals surface area contributed by atoms with Crippen molar-refractivity contribution >= 4 is 5.91 Å². The fourth-order valence-electron chi connectivity index (χ4n) is 1.86. The number of carbonyl (C=O) groups excluding carboxylic acids is 1. The molecule has 2 aromatic rings.